The van der Waals surface area contributed by atoms with E-state index in [-0.39, 0.29) is 0 Å². The Hall–Kier alpha value is -7.23. The number of pyridine rings is 1. The molecule has 2 aromatic heterocycles. The average Bonchev–Trinajstić information content (AvgIpc) is 3.87. The van der Waals surface area contributed by atoms with Crippen LogP contribution in [0.4, 0.5) is 17.2 Å². The molecule has 0 unspecified atom stereocenters. The van der Waals surface area contributed by atoms with E-state index in [1.54, 1.807) is 0 Å². The molecule has 2 aliphatic rings. The molecule has 256 valence electrons. The molecule has 0 bridgehead atoms. The van der Waals surface area contributed by atoms with Crippen LogP contribution in [0.25, 0.3) is 66.2 Å². The minimum Gasteiger partial charge on any atom is -0.438 e. The first kappa shape index (κ1) is 30.3. The molecule has 0 radical (unpaired) electrons. The van der Waals surface area contributed by atoms with Crippen molar-refractivity contribution in [1.82, 2.24) is 4.98 Å². The summed E-state index contributed by atoms with van der Waals surface area (Å²) in [5.41, 5.74) is 15.7. The molecule has 0 atom stereocenters. The molecule has 0 fully saturated rings. The highest BCUT2D eigenvalue weighted by molar-refractivity contribution is 6.10. The topological polar surface area (TPSA) is 29.3 Å². The van der Waals surface area contributed by atoms with Crippen LogP contribution in [-0.4, -0.2) is 4.98 Å². The Labute approximate surface area is 318 Å². The molecule has 0 aliphatic heterocycles. The van der Waals surface area contributed by atoms with Crippen molar-refractivity contribution in [3.63, 3.8) is 0 Å². The van der Waals surface area contributed by atoms with Crippen LogP contribution in [0.1, 0.15) is 22.3 Å². The van der Waals surface area contributed by atoms with Gasteiger partial charge in [-0.05, 0) is 103 Å². The van der Waals surface area contributed by atoms with Crippen molar-refractivity contribution in [1.29, 1.82) is 0 Å². The number of benzene rings is 8. The number of nitrogens with zero attached hydrogens (tertiary/aromatic N) is 2. The Morgan fingerprint density at radius 2 is 1.02 bits per heavy atom. The smallest absolute Gasteiger partial charge is 0.229 e. The standard InChI is InChI=1S/C52H32N2O/c1-2-13-33(14-3-1)34-25-27-37(28-26-34)54(49-30-29-40-42-31-35-15-4-5-16-36(35)32-48(42)55-51(40)53-49)47-24-12-23-46-50(47)41-19-8-11-22-45(41)52(46)43-20-9-6-17-38(43)39-18-7-10-21-44(39)52/h1-32H. The number of anilines is 3. The molecule has 2 aliphatic carbocycles. The SMILES string of the molecule is c1ccc(-c2ccc(N(c3ccc4c(n3)oc3cc5ccccc5cc34)c3cccc4c3-c3ccccc3C43c4ccccc4-c4ccccc43)cc2)cc1. The van der Waals surface area contributed by atoms with Gasteiger partial charge in [0, 0.05) is 22.0 Å². The minimum atomic E-state index is -0.448. The largest absolute Gasteiger partial charge is 0.438 e. The van der Waals surface area contributed by atoms with Gasteiger partial charge in [-0.15, -0.1) is 0 Å². The molecule has 10 aromatic rings. The second kappa shape index (κ2) is 11.4. The Balaban J connectivity index is 1.12. The Morgan fingerprint density at radius 1 is 0.436 bits per heavy atom. The number of fused-ring (bicyclic) bond motifs is 14. The summed E-state index contributed by atoms with van der Waals surface area (Å²) >= 11 is 0. The zero-order valence-corrected chi connectivity index (χ0v) is 29.8. The van der Waals surface area contributed by atoms with Crippen LogP contribution in [0.5, 0.6) is 0 Å². The van der Waals surface area contributed by atoms with Crippen molar-refractivity contribution in [2.45, 2.75) is 5.41 Å². The molecule has 3 nitrogen and oxygen atoms in total. The third-order valence-corrected chi connectivity index (χ3v) is 11.9. The molecule has 1 spiro atoms. The first-order valence-corrected chi connectivity index (χ1v) is 18.9. The van der Waals surface area contributed by atoms with E-state index in [0.717, 1.165) is 38.9 Å². The van der Waals surface area contributed by atoms with E-state index >= 15 is 0 Å². The fourth-order valence-electron chi connectivity index (χ4n) is 9.60. The first-order chi connectivity index (χ1) is 27.3. The summed E-state index contributed by atoms with van der Waals surface area (Å²) in [4.78, 5) is 7.66. The lowest BCUT2D eigenvalue weighted by atomic mass is 9.70. The van der Waals surface area contributed by atoms with Crippen molar-refractivity contribution in [2.75, 3.05) is 4.90 Å². The van der Waals surface area contributed by atoms with E-state index in [2.05, 4.69) is 199 Å². The summed E-state index contributed by atoms with van der Waals surface area (Å²) in [5.74, 6) is 0.794. The Morgan fingerprint density at radius 3 is 1.75 bits per heavy atom. The number of furan rings is 1. The maximum absolute atomic E-state index is 6.57. The van der Waals surface area contributed by atoms with Gasteiger partial charge in [0.1, 0.15) is 11.4 Å². The molecular formula is C52H32N2O. The molecule has 0 amide bonds. The molecular weight excluding hydrogens is 669 g/mol. The van der Waals surface area contributed by atoms with E-state index in [1.165, 1.54) is 61.0 Å². The van der Waals surface area contributed by atoms with E-state index in [4.69, 9.17) is 9.40 Å². The van der Waals surface area contributed by atoms with Gasteiger partial charge in [0.25, 0.3) is 0 Å². The number of aromatic nitrogens is 1. The fourth-order valence-corrected chi connectivity index (χ4v) is 9.60. The zero-order valence-electron chi connectivity index (χ0n) is 29.8. The van der Waals surface area contributed by atoms with Gasteiger partial charge in [-0.3, -0.25) is 4.90 Å². The van der Waals surface area contributed by atoms with Crippen molar-refractivity contribution >= 4 is 50.0 Å². The lowest BCUT2D eigenvalue weighted by Gasteiger charge is -2.31. The molecule has 8 aromatic carbocycles. The van der Waals surface area contributed by atoms with E-state index in [0.29, 0.717) is 5.71 Å². The number of hydrogen-bond donors (Lipinski definition) is 0. The van der Waals surface area contributed by atoms with Gasteiger partial charge in [-0.25, -0.2) is 0 Å². The van der Waals surface area contributed by atoms with Gasteiger partial charge in [0.2, 0.25) is 5.71 Å². The van der Waals surface area contributed by atoms with E-state index < -0.39 is 5.41 Å². The summed E-state index contributed by atoms with van der Waals surface area (Å²) in [6.07, 6.45) is 0. The highest BCUT2D eigenvalue weighted by atomic mass is 16.3. The van der Waals surface area contributed by atoms with Crippen molar-refractivity contribution in [2.24, 2.45) is 0 Å². The Bertz CT molecular complexity index is 3110. The molecule has 2 heterocycles. The average molecular weight is 701 g/mol. The van der Waals surface area contributed by atoms with Gasteiger partial charge in [-0.1, -0.05) is 152 Å². The zero-order chi connectivity index (χ0) is 36.1. The van der Waals surface area contributed by atoms with Gasteiger partial charge >= 0.3 is 0 Å². The first-order valence-electron chi connectivity index (χ1n) is 18.9. The second-order valence-electron chi connectivity index (χ2n) is 14.7. The summed E-state index contributed by atoms with van der Waals surface area (Å²) in [5, 5.41) is 4.41. The van der Waals surface area contributed by atoms with Crippen molar-refractivity contribution < 1.29 is 4.42 Å². The minimum absolute atomic E-state index is 0.448. The third-order valence-electron chi connectivity index (χ3n) is 11.9. The van der Waals surface area contributed by atoms with E-state index in [1.807, 2.05) is 0 Å². The van der Waals surface area contributed by atoms with Gasteiger partial charge in [0.05, 0.1) is 11.1 Å². The second-order valence-corrected chi connectivity index (χ2v) is 14.7. The maximum Gasteiger partial charge on any atom is 0.229 e. The summed E-state index contributed by atoms with van der Waals surface area (Å²) < 4.78 is 6.57. The van der Waals surface area contributed by atoms with Crippen LogP contribution in [0.3, 0.4) is 0 Å². The van der Waals surface area contributed by atoms with Crippen LogP contribution in [0.2, 0.25) is 0 Å². The predicted molar refractivity (Wildman–Crippen MR) is 225 cm³/mol. The fraction of sp³-hybridized carbons (Fsp3) is 0.0192. The third kappa shape index (κ3) is 4.18. The summed E-state index contributed by atoms with van der Waals surface area (Å²) in [6, 6.07) is 70.2. The van der Waals surface area contributed by atoms with Crippen molar-refractivity contribution in [3.05, 3.63) is 216 Å². The Kier molecular flexibility index (Phi) is 6.26. The summed E-state index contributed by atoms with van der Waals surface area (Å²) in [6.45, 7) is 0. The lowest BCUT2D eigenvalue weighted by molar-refractivity contribution is 0.655. The molecule has 0 saturated carbocycles. The molecule has 55 heavy (non-hydrogen) atoms. The van der Waals surface area contributed by atoms with Crippen LogP contribution >= 0.6 is 0 Å². The van der Waals surface area contributed by atoms with Crippen LogP contribution < -0.4 is 4.90 Å². The maximum atomic E-state index is 6.57. The monoisotopic (exact) mass is 700 g/mol. The van der Waals surface area contributed by atoms with Crippen LogP contribution in [0, 0.1) is 0 Å². The van der Waals surface area contributed by atoms with Gasteiger partial charge < -0.3 is 4.42 Å². The molecule has 3 heteroatoms. The van der Waals surface area contributed by atoms with E-state index in [9.17, 15) is 0 Å². The predicted octanol–water partition coefficient (Wildman–Crippen LogP) is 13.6. The highest BCUT2D eigenvalue weighted by Gasteiger charge is 2.52. The quantitative estimate of drug-likeness (QED) is 0.183. The lowest BCUT2D eigenvalue weighted by Crippen LogP contribution is -2.26. The summed E-state index contributed by atoms with van der Waals surface area (Å²) in [7, 11) is 0. The van der Waals surface area contributed by atoms with Crippen molar-refractivity contribution in [3.8, 4) is 33.4 Å². The van der Waals surface area contributed by atoms with Gasteiger partial charge in [0.15, 0.2) is 0 Å². The number of rotatable bonds is 4. The number of hydrogen-bond acceptors (Lipinski definition) is 3. The normalized spacial score (nSPS) is 13.2. The molecule has 12 rings (SSSR count). The molecule has 0 N–H and O–H groups in total. The van der Waals surface area contributed by atoms with Crippen LogP contribution in [-0.2, 0) is 5.41 Å². The molecule has 0 saturated heterocycles. The van der Waals surface area contributed by atoms with Crippen LogP contribution in [0.15, 0.2) is 199 Å². The highest BCUT2D eigenvalue weighted by Crippen LogP contribution is 2.64. The van der Waals surface area contributed by atoms with Gasteiger partial charge in [-0.2, -0.15) is 4.98 Å².